The molecule has 1 aliphatic heterocycles. The number of hydrogen-bond donors (Lipinski definition) is 0. The summed E-state index contributed by atoms with van der Waals surface area (Å²) >= 11 is 13.0. The number of rotatable bonds is 2. The lowest BCUT2D eigenvalue weighted by Crippen LogP contribution is -2.39. The monoisotopic (exact) mass is 404 g/mol. The van der Waals surface area contributed by atoms with E-state index in [9.17, 15) is 18.0 Å². The van der Waals surface area contributed by atoms with Crippen molar-refractivity contribution < 1.29 is 18.0 Å². The van der Waals surface area contributed by atoms with Gasteiger partial charge in [0.2, 0.25) is 0 Å². The van der Waals surface area contributed by atoms with Crippen LogP contribution in [0.5, 0.6) is 0 Å². The predicted octanol–water partition coefficient (Wildman–Crippen LogP) is 5.72. The number of carbonyl (C=O) groups is 1. The maximum Gasteiger partial charge on any atom is 0.416 e. The Morgan fingerprint density at radius 2 is 1.92 bits per heavy atom. The van der Waals surface area contributed by atoms with Gasteiger partial charge in [-0.2, -0.15) is 18.2 Å². The van der Waals surface area contributed by atoms with E-state index >= 15 is 0 Å². The van der Waals surface area contributed by atoms with Crippen LogP contribution in [0.2, 0.25) is 10.0 Å². The zero-order chi connectivity index (χ0) is 18.2. The van der Waals surface area contributed by atoms with Crippen molar-refractivity contribution >= 4 is 51.7 Å². The Morgan fingerprint density at radius 1 is 1.16 bits per heavy atom. The number of thioether (sulfide) groups is 1. The van der Waals surface area contributed by atoms with Gasteiger partial charge in [0.05, 0.1) is 22.0 Å². The number of anilines is 1. The molecule has 1 heterocycles. The Kier molecular flexibility index (Phi) is 4.99. The van der Waals surface area contributed by atoms with Crippen molar-refractivity contribution in [2.45, 2.75) is 6.18 Å². The van der Waals surface area contributed by atoms with Gasteiger partial charge in [0.15, 0.2) is 5.17 Å². The lowest BCUT2D eigenvalue weighted by molar-refractivity contribution is -0.137. The van der Waals surface area contributed by atoms with Crippen LogP contribution in [0.4, 0.5) is 18.9 Å². The zero-order valence-electron chi connectivity index (χ0n) is 12.3. The molecule has 1 aliphatic rings. The summed E-state index contributed by atoms with van der Waals surface area (Å²) in [6.07, 6.45) is -4.43. The number of halogens is 5. The minimum atomic E-state index is -4.43. The van der Waals surface area contributed by atoms with E-state index in [4.69, 9.17) is 23.2 Å². The second-order valence-electron chi connectivity index (χ2n) is 5.07. The number of amidine groups is 1. The van der Waals surface area contributed by atoms with Crippen molar-refractivity contribution in [1.29, 1.82) is 0 Å². The molecule has 0 aromatic heterocycles. The number of benzene rings is 2. The number of amides is 1. The molecule has 2 aromatic rings. The second kappa shape index (κ2) is 6.90. The molecule has 3 nitrogen and oxygen atoms in total. The minimum Gasteiger partial charge on any atom is -0.311 e. The van der Waals surface area contributed by atoms with Gasteiger partial charge in [0.1, 0.15) is 0 Å². The number of nitrogens with zero attached hydrogens (tertiary/aromatic N) is 2. The Morgan fingerprint density at radius 3 is 2.52 bits per heavy atom. The van der Waals surface area contributed by atoms with Crippen molar-refractivity contribution in [2.24, 2.45) is 4.99 Å². The van der Waals surface area contributed by atoms with Gasteiger partial charge in [-0.3, -0.25) is 4.79 Å². The van der Waals surface area contributed by atoms with Gasteiger partial charge in [0.25, 0.3) is 5.91 Å². The number of aliphatic imine (C=N–C) groups is 1. The molecule has 0 spiro atoms. The number of alkyl halides is 3. The molecule has 2 aromatic carbocycles. The van der Waals surface area contributed by atoms with Gasteiger partial charge < -0.3 is 4.90 Å². The first-order valence-corrected chi connectivity index (χ1v) is 8.65. The third kappa shape index (κ3) is 3.94. The van der Waals surface area contributed by atoms with Crippen LogP contribution in [0.1, 0.15) is 15.9 Å². The molecule has 9 heteroatoms. The summed E-state index contributed by atoms with van der Waals surface area (Å²) in [6.45, 7) is 0. The fraction of sp³-hybridized carbons (Fsp3) is 0.125. The molecule has 0 aliphatic carbocycles. The molecule has 25 heavy (non-hydrogen) atoms. The summed E-state index contributed by atoms with van der Waals surface area (Å²) in [5, 5.41) is 0.866. The highest BCUT2D eigenvalue weighted by Gasteiger charge is 2.32. The van der Waals surface area contributed by atoms with Gasteiger partial charge in [-0.25, -0.2) is 0 Å². The van der Waals surface area contributed by atoms with Crippen molar-refractivity contribution in [1.82, 2.24) is 0 Å². The normalized spacial score (nSPS) is 16.0. The summed E-state index contributed by atoms with van der Waals surface area (Å²) in [5.41, 5.74) is -0.259. The first-order chi connectivity index (χ1) is 11.8. The lowest BCUT2D eigenvalue weighted by Gasteiger charge is -2.33. The van der Waals surface area contributed by atoms with E-state index < -0.39 is 17.6 Å². The Bertz CT molecular complexity index is 871. The third-order valence-electron chi connectivity index (χ3n) is 3.40. The van der Waals surface area contributed by atoms with Crippen LogP contribution in [0, 0.1) is 0 Å². The van der Waals surface area contributed by atoms with Crippen molar-refractivity contribution in [3.63, 3.8) is 0 Å². The highest BCUT2D eigenvalue weighted by Crippen LogP contribution is 2.35. The standard InChI is InChI=1S/C16H9Cl2F3N2OS/c17-10-4-5-12(13(18)7-10)14(24)22-15-23(8-25-15)11-3-1-2-9(6-11)16(19,20)21/h1-7H,8H2. The maximum absolute atomic E-state index is 12.8. The first kappa shape index (κ1) is 18.1. The maximum atomic E-state index is 12.8. The zero-order valence-corrected chi connectivity index (χ0v) is 14.7. The molecule has 0 atom stereocenters. The van der Waals surface area contributed by atoms with Gasteiger partial charge in [-0.05, 0) is 36.4 Å². The van der Waals surface area contributed by atoms with Crippen LogP contribution in [0.15, 0.2) is 47.5 Å². The van der Waals surface area contributed by atoms with Crippen LogP contribution in [-0.4, -0.2) is 17.0 Å². The van der Waals surface area contributed by atoms with Gasteiger partial charge in [-0.15, -0.1) is 0 Å². The molecule has 0 bridgehead atoms. The number of hydrogen-bond acceptors (Lipinski definition) is 2. The van der Waals surface area contributed by atoms with E-state index in [0.717, 1.165) is 12.1 Å². The molecule has 3 rings (SSSR count). The van der Waals surface area contributed by atoms with E-state index in [1.165, 1.54) is 47.0 Å². The lowest BCUT2D eigenvalue weighted by atomic mass is 10.2. The van der Waals surface area contributed by atoms with Crippen LogP contribution >= 0.6 is 35.0 Å². The van der Waals surface area contributed by atoms with E-state index in [1.807, 2.05) is 0 Å². The van der Waals surface area contributed by atoms with Crippen molar-refractivity contribution in [3.05, 3.63) is 63.6 Å². The van der Waals surface area contributed by atoms with E-state index in [-0.39, 0.29) is 10.6 Å². The summed E-state index contributed by atoms with van der Waals surface area (Å²) in [5.74, 6) is -0.178. The molecule has 1 amide bonds. The van der Waals surface area contributed by atoms with Crippen molar-refractivity contribution in [3.8, 4) is 0 Å². The molecule has 1 fully saturated rings. The Labute approximate surface area is 155 Å². The predicted molar refractivity (Wildman–Crippen MR) is 94.6 cm³/mol. The Balaban J connectivity index is 1.85. The van der Waals surface area contributed by atoms with Crippen LogP contribution in [-0.2, 0) is 6.18 Å². The minimum absolute atomic E-state index is 0.164. The fourth-order valence-electron chi connectivity index (χ4n) is 2.12. The second-order valence-corrected chi connectivity index (χ2v) is 6.83. The Hall–Kier alpha value is -1.70. The van der Waals surface area contributed by atoms with Gasteiger partial charge >= 0.3 is 6.18 Å². The quantitative estimate of drug-likeness (QED) is 0.641. The third-order valence-corrected chi connectivity index (χ3v) is 4.90. The summed E-state index contributed by atoms with van der Waals surface area (Å²) in [6, 6.07) is 9.26. The molecule has 0 unspecified atom stereocenters. The molecule has 0 N–H and O–H groups in total. The highest BCUT2D eigenvalue weighted by atomic mass is 35.5. The van der Waals surface area contributed by atoms with Crippen LogP contribution < -0.4 is 4.90 Å². The fourth-order valence-corrected chi connectivity index (χ4v) is 3.39. The molecular weight excluding hydrogens is 396 g/mol. The van der Waals surface area contributed by atoms with E-state index in [2.05, 4.69) is 4.99 Å². The van der Waals surface area contributed by atoms with E-state index in [1.54, 1.807) is 0 Å². The first-order valence-electron chi connectivity index (χ1n) is 6.91. The van der Waals surface area contributed by atoms with Crippen LogP contribution in [0.3, 0.4) is 0 Å². The summed E-state index contributed by atoms with van der Waals surface area (Å²) < 4.78 is 38.5. The van der Waals surface area contributed by atoms with Gasteiger partial charge in [0, 0.05) is 10.7 Å². The average molecular weight is 405 g/mol. The topological polar surface area (TPSA) is 32.7 Å². The molecular formula is C16H9Cl2F3N2OS. The smallest absolute Gasteiger partial charge is 0.311 e. The van der Waals surface area contributed by atoms with Gasteiger partial charge in [-0.1, -0.05) is 41.0 Å². The SMILES string of the molecule is O=C(N=C1SCN1c1cccc(C(F)(F)F)c1)c1ccc(Cl)cc1Cl. The number of carbonyl (C=O) groups excluding carboxylic acids is 1. The highest BCUT2D eigenvalue weighted by molar-refractivity contribution is 8.16. The largest absolute Gasteiger partial charge is 0.416 e. The molecule has 0 radical (unpaired) electrons. The summed E-state index contributed by atoms with van der Waals surface area (Å²) in [4.78, 5) is 17.7. The molecule has 1 saturated heterocycles. The average Bonchev–Trinajstić information content (AvgIpc) is 2.51. The van der Waals surface area contributed by atoms with Crippen LogP contribution in [0.25, 0.3) is 0 Å². The van der Waals surface area contributed by atoms with Crippen molar-refractivity contribution in [2.75, 3.05) is 10.8 Å². The van der Waals surface area contributed by atoms with E-state index in [0.29, 0.717) is 21.8 Å². The summed E-state index contributed by atoms with van der Waals surface area (Å²) in [7, 11) is 0. The molecule has 0 saturated carbocycles. The molecule has 130 valence electrons.